The monoisotopic (exact) mass is 270 g/mol. The van der Waals surface area contributed by atoms with Gasteiger partial charge in [0.15, 0.2) is 0 Å². The molecule has 3 N–H and O–H groups in total. The van der Waals surface area contributed by atoms with Crippen LogP contribution in [0.4, 0.5) is 0 Å². The molecule has 106 valence electrons. The van der Waals surface area contributed by atoms with Crippen LogP contribution in [0.15, 0.2) is 18.2 Å². The van der Waals surface area contributed by atoms with E-state index >= 15 is 0 Å². The van der Waals surface area contributed by atoms with Crippen molar-refractivity contribution in [3.63, 3.8) is 0 Å². The van der Waals surface area contributed by atoms with Crippen LogP contribution in [0, 0.1) is 24.7 Å². The highest BCUT2D eigenvalue weighted by Crippen LogP contribution is 2.33. The van der Waals surface area contributed by atoms with Crippen molar-refractivity contribution in [2.24, 2.45) is 11.7 Å². The van der Waals surface area contributed by atoms with Crippen LogP contribution in [0.3, 0.4) is 0 Å². The highest BCUT2D eigenvalue weighted by Gasteiger charge is 2.24. The van der Waals surface area contributed by atoms with Gasteiger partial charge in [-0.1, -0.05) is 36.3 Å². The first-order chi connectivity index (χ1) is 9.60. The number of amides is 1. The summed E-state index contributed by atoms with van der Waals surface area (Å²) in [6, 6.07) is 5.95. The maximum Gasteiger partial charge on any atom is 0.252 e. The summed E-state index contributed by atoms with van der Waals surface area (Å²) in [5.74, 6) is 6.55. The lowest BCUT2D eigenvalue weighted by molar-refractivity contribution is 0.0937. The third-order valence-electron chi connectivity index (χ3n) is 3.51. The number of aryl methyl sites for hydroxylation is 1. The Morgan fingerprint density at radius 3 is 2.90 bits per heavy atom. The highest BCUT2D eigenvalue weighted by molar-refractivity contribution is 5.97. The molecular formula is C17H22N2O. The molecule has 1 atom stereocenters. The average Bonchev–Trinajstić information content (AvgIpc) is 3.20. The molecule has 0 saturated heterocycles. The van der Waals surface area contributed by atoms with Crippen LogP contribution < -0.4 is 11.1 Å². The van der Waals surface area contributed by atoms with Crippen LogP contribution in [0.5, 0.6) is 0 Å². The van der Waals surface area contributed by atoms with Crippen LogP contribution in [0.2, 0.25) is 0 Å². The molecule has 0 bridgehead atoms. The number of nitrogens with two attached hydrogens (primary N) is 1. The van der Waals surface area contributed by atoms with E-state index in [1.807, 2.05) is 25.1 Å². The van der Waals surface area contributed by atoms with E-state index in [1.54, 1.807) is 0 Å². The van der Waals surface area contributed by atoms with Crippen molar-refractivity contribution < 1.29 is 4.79 Å². The van der Waals surface area contributed by atoms with Crippen molar-refractivity contribution in [1.29, 1.82) is 0 Å². The van der Waals surface area contributed by atoms with Gasteiger partial charge in [-0.25, -0.2) is 0 Å². The molecule has 0 spiro atoms. The molecule has 0 radical (unpaired) electrons. The minimum atomic E-state index is -0.0387. The van der Waals surface area contributed by atoms with Crippen LogP contribution in [-0.2, 0) is 0 Å². The quantitative estimate of drug-likeness (QED) is 0.824. The summed E-state index contributed by atoms with van der Waals surface area (Å²) < 4.78 is 0. The van der Waals surface area contributed by atoms with E-state index in [0.717, 1.165) is 23.5 Å². The minimum Gasteiger partial charge on any atom is -0.350 e. The maximum atomic E-state index is 12.4. The molecular weight excluding hydrogens is 248 g/mol. The molecule has 0 heterocycles. The van der Waals surface area contributed by atoms with Gasteiger partial charge in [-0.05, 0) is 38.3 Å². The first-order valence-corrected chi connectivity index (χ1v) is 7.20. The van der Waals surface area contributed by atoms with Gasteiger partial charge >= 0.3 is 0 Å². The van der Waals surface area contributed by atoms with Gasteiger partial charge in [-0.2, -0.15) is 0 Å². The van der Waals surface area contributed by atoms with E-state index in [0.29, 0.717) is 12.1 Å². The molecule has 1 aromatic rings. The lowest BCUT2D eigenvalue weighted by Gasteiger charge is -2.14. The Labute approximate surface area is 120 Å². The molecule has 1 saturated carbocycles. The summed E-state index contributed by atoms with van der Waals surface area (Å²) in [6.07, 6.45) is 3.68. The van der Waals surface area contributed by atoms with Gasteiger partial charge in [0.2, 0.25) is 0 Å². The molecule has 3 heteroatoms. The average molecular weight is 270 g/mol. The second-order valence-corrected chi connectivity index (χ2v) is 5.61. The van der Waals surface area contributed by atoms with E-state index in [2.05, 4.69) is 24.1 Å². The van der Waals surface area contributed by atoms with Crippen molar-refractivity contribution in [2.45, 2.75) is 39.2 Å². The summed E-state index contributed by atoms with van der Waals surface area (Å²) in [6.45, 7) is 4.34. The van der Waals surface area contributed by atoms with E-state index < -0.39 is 0 Å². The Kier molecular flexibility index (Phi) is 4.81. The predicted molar refractivity (Wildman–Crippen MR) is 81.4 cm³/mol. The number of rotatable bonds is 4. The molecule has 1 fully saturated rings. The zero-order valence-corrected chi connectivity index (χ0v) is 12.2. The Morgan fingerprint density at radius 1 is 1.50 bits per heavy atom. The molecule has 1 aliphatic rings. The molecule has 0 aliphatic heterocycles. The molecule has 1 unspecified atom stereocenters. The summed E-state index contributed by atoms with van der Waals surface area (Å²) in [5, 5.41) is 3.07. The van der Waals surface area contributed by atoms with Gasteiger partial charge in [-0.3, -0.25) is 4.79 Å². The fraction of sp³-hybridized carbons (Fsp3) is 0.471. The van der Waals surface area contributed by atoms with Crippen LogP contribution in [0.1, 0.15) is 47.7 Å². The van der Waals surface area contributed by atoms with Gasteiger partial charge in [-0.15, -0.1) is 0 Å². The molecule has 3 nitrogen and oxygen atoms in total. The van der Waals surface area contributed by atoms with E-state index in [9.17, 15) is 4.79 Å². The van der Waals surface area contributed by atoms with Gasteiger partial charge in [0.25, 0.3) is 5.91 Å². The first-order valence-electron chi connectivity index (χ1n) is 7.20. The predicted octanol–water partition coefficient (Wildman–Crippen LogP) is 2.22. The third-order valence-corrected chi connectivity index (χ3v) is 3.51. The summed E-state index contributed by atoms with van der Waals surface area (Å²) in [7, 11) is 0. The van der Waals surface area contributed by atoms with Crippen molar-refractivity contribution >= 4 is 5.91 Å². The summed E-state index contributed by atoms with van der Waals surface area (Å²) in [4.78, 5) is 12.4. The number of hydrogen-bond acceptors (Lipinski definition) is 2. The number of carbonyl (C=O) groups excluding carboxylic acids is 1. The van der Waals surface area contributed by atoms with E-state index in [1.165, 1.54) is 12.8 Å². The fourth-order valence-corrected chi connectivity index (χ4v) is 2.32. The first kappa shape index (κ1) is 14.6. The largest absolute Gasteiger partial charge is 0.350 e. The zero-order valence-electron chi connectivity index (χ0n) is 12.2. The molecule has 0 aromatic heterocycles. The van der Waals surface area contributed by atoms with Crippen molar-refractivity contribution in [2.75, 3.05) is 6.54 Å². The molecule has 1 amide bonds. The smallest absolute Gasteiger partial charge is 0.252 e. The second kappa shape index (κ2) is 6.58. The number of benzene rings is 1. The van der Waals surface area contributed by atoms with E-state index in [-0.39, 0.29) is 11.9 Å². The van der Waals surface area contributed by atoms with Gasteiger partial charge in [0, 0.05) is 11.6 Å². The minimum absolute atomic E-state index is 0.0387. The Bertz CT molecular complexity index is 550. The number of carbonyl (C=O) groups is 1. The lowest BCUT2D eigenvalue weighted by atomic mass is 10.0. The normalized spacial score (nSPS) is 15.2. The van der Waals surface area contributed by atoms with Crippen molar-refractivity contribution in [1.82, 2.24) is 5.32 Å². The van der Waals surface area contributed by atoms with Gasteiger partial charge in [0.05, 0.1) is 12.1 Å². The van der Waals surface area contributed by atoms with Gasteiger partial charge in [0.1, 0.15) is 0 Å². The molecule has 1 aromatic carbocycles. The standard InChI is InChI=1S/C17H22N2O/c1-12-5-8-15(4-3-9-18)16(10-12)17(20)19-13(2)11-14-6-7-14/h5,8,10,13-14H,6-7,9,11,18H2,1-2H3,(H,19,20). The maximum absolute atomic E-state index is 12.4. The van der Waals surface area contributed by atoms with Crippen molar-refractivity contribution in [3.8, 4) is 11.8 Å². The lowest BCUT2D eigenvalue weighted by Crippen LogP contribution is -2.33. The highest BCUT2D eigenvalue weighted by atomic mass is 16.1. The van der Waals surface area contributed by atoms with Crippen molar-refractivity contribution in [3.05, 3.63) is 34.9 Å². The SMILES string of the molecule is Cc1ccc(C#CCN)c(C(=O)NC(C)CC2CC2)c1. The second-order valence-electron chi connectivity index (χ2n) is 5.61. The summed E-state index contributed by atoms with van der Waals surface area (Å²) in [5.41, 5.74) is 7.85. The third kappa shape index (κ3) is 4.11. The topological polar surface area (TPSA) is 55.1 Å². The van der Waals surface area contributed by atoms with Crippen LogP contribution in [-0.4, -0.2) is 18.5 Å². The molecule has 2 rings (SSSR count). The zero-order chi connectivity index (χ0) is 14.5. The van der Waals surface area contributed by atoms with E-state index in [4.69, 9.17) is 5.73 Å². The number of hydrogen-bond donors (Lipinski definition) is 2. The summed E-state index contributed by atoms with van der Waals surface area (Å²) >= 11 is 0. The van der Waals surface area contributed by atoms with Crippen LogP contribution >= 0.6 is 0 Å². The number of nitrogens with one attached hydrogen (secondary N) is 1. The molecule has 20 heavy (non-hydrogen) atoms. The van der Waals surface area contributed by atoms with Gasteiger partial charge < -0.3 is 11.1 Å². The Balaban J connectivity index is 2.12. The Morgan fingerprint density at radius 2 is 2.25 bits per heavy atom. The van der Waals surface area contributed by atoms with Crippen LogP contribution in [0.25, 0.3) is 0 Å². The molecule has 1 aliphatic carbocycles. The fourth-order valence-electron chi connectivity index (χ4n) is 2.32. The Hall–Kier alpha value is -1.79.